The van der Waals surface area contributed by atoms with E-state index in [4.69, 9.17) is 5.11 Å². The van der Waals surface area contributed by atoms with Crippen LogP contribution in [0.1, 0.15) is 39.0 Å². The average molecular weight is 266 g/mol. The van der Waals surface area contributed by atoms with Gasteiger partial charge in [0.1, 0.15) is 0 Å². The third kappa shape index (κ3) is 2.03. The first-order chi connectivity index (χ1) is 8.71. The minimum atomic E-state index is -1.19. The lowest BCUT2D eigenvalue weighted by Crippen LogP contribution is -2.57. The molecule has 0 aromatic heterocycles. The van der Waals surface area contributed by atoms with Crippen molar-refractivity contribution in [2.24, 2.45) is 11.3 Å². The second-order valence-electron chi connectivity index (χ2n) is 6.27. The third-order valence-corrected chi connectivity index (χ3v) is 5.26. The minimum Gasteiger partial charge on any atom is -0.478 e. The summed E-state index contributed by atoms with van der Waals surface area (Å²) in [6.07, 6.45) is 2.39. The quantitative estimate of drug-likeness (QED) is 0.527. The Morgan fingerprint density at radius 2 is 1.95 bits per heavy atom. The maximum absolute atomic E-state index is 11.0. The molecule has 0 radical (unpaired) electrons. The van der Waals surface area contributed by atoms with Crippen molar-refractivity contribution < 1.29 is 20.1 Å². The number of carboxylic acid groups (broad SMARTS) is 1. The van der Waals surface area contributed by atoms with E-state index in [0.29, 0.717) is 24.8 Å². The normalized spacial score (nSPS) is 42.6. The number of hydrogen-bond acceptors (Lipinski definition) is 3. The van der Waals surface area contributed by atoms with Gasteiger partial charge in [0, 0.05) is 11.0 Å². The van der Waals surface area contributed by atoms with Crippen molar-refractivity contribution in [2.75, 3.05) is 0 Å². The Balaban J connectivity index is 2.30. The molecule has 0 heterocycles. The first-order valence-corrected chi connectivity index (χ1v) is 6.73. The highest BCUT2D eigenvalue weighted by Crippen LogP contribution is 2.56. The van der Waals surface area contributed by atoms with Crippen LogP contribution in [0, 0.1) is 11.3 Å². The van der Waals surface area contributed by atoms with Crippen molar-refractivity contribution >= 4 is 5.97 Å². The largest absolute Gasteiger partial charge is 0.478 e. The Morgan fingerprint density at radius 3 is 2.53 bits per heavy atom. The lowest BCUT2D eigenvalue weighted by Gasteiger charge is -2.56. The second-order valence-corrected chi connectivity index (χ2v) is 6.27. The number of aliphatic hydroxyl groups is 2. The summed E-state index contributed by atoms with van der Waals surface area (Å²) in [6, 6.07) is 0. The monoisotopic (exact) mass is 266 g/mol. The van der Waals surface area contributed by atoms with E-state index in [0.717, 1.165) is 12.8 Å². The molecule has 2 rings (SSSR count). The van der Waals surface area contributed by atoms with Gasteiger partial charge in [0.15, 0.2) is 0 Å². The van der Waals surface area contributed by atoms with Crippen LogP contribution in [0.4, 0.5) is 0 Å². The van der Waals surface area contributed by atoms with E-state index in [2.05, 4.69) is 13.2 Å². The molecule has 0 aromatic carbocycles. The number of fused-ring (bicyclic) bond motifs is 1. The van der Waals surface area contributed by atoms with Crippen LogP contribution in [0.15, 0.2) is 24.3 Å². The third-order valence-electron chi connectivity index (χ3n) is 5.26. The van der Waals surface area contributed by atoms with Crippen LogP contribution < -0.4 is 0 Å². The molecule has 19 heavy (non-hydrogen) atoms. The zero-order valence-corrected chi connectivity index (χ0v) is 11.4. The molecule has 2 fully saturated rings. The molecule has 2 saturated carbocycles. The van der Waals surface area contributed by atoms with Gasteiger partial charge in [-0.3, -0.25) is 0 Å². The molecule has 0 bridgehead atoms. The molecule has 4 atom stereocenters. The zero-order chi connectivity index (χ0) is 14.4. The van der Waals surface area contributed by atoms with E-state index in [1.54, 1.807) is 0 Å². The van der Waals surface area contributed by atoms with Gasteiger partial charge in [0.2, 0.25) is 0 Å². The molecule has 0 saturated heterocycles. The van der Waals surface area contributed by atoms with Gasteiger partial charge in [-0.15, -0.1) is 0 Å². The summed E-state index contributed by atoms with van der Waals surface area (Å²) in [5.41, 5.74) is -0.933. The van der Waals surface area contributed by atoms with Gasteiger partial charge in [-0.05, 0) is 43.6 Å². The summed E-state index contributed by atoms with van der Waals surface area (Å²) in [4.78, 5) is 11.0. The lowest BCUT2D eigenvalue weighted by molar-refractivity contribution is -0.138. The first kappa shape index (κ1) is 14.3. The van der Waals surface area contributed by atoms with Gasteiger partial charge < -0.3 is 15.3 Å². The van der Waals surface area contributed by atoms with E-state index in [1.807, 2.05) is 6.92 Å². The molecule has 0 spiro atoms. The van der Waals surface area contributed by atoms with Crippen molar-refractivity contribution in [3.63, 3.8) is 0 Å². The minimum absolute atomic E-state index is 0.142. The van der Waals surface area contributed by atoms with Gasteiger partial charge >= 0.3 is 5.97 Å². The van der Waals surface area contributed by atoms with Gasteiger partial charge in [-0.25, -0.2) is 4.79 Å². The number of carbonyl (C=O) groups is 1. The summed E-state index contributed by atoms with van der Waals surface area (Å²) in [5.74, 6) is -1.27. The predicted octanol–water partition coefficient (Wildman–Crippen LogP) is 1.88. The van der Waals surface area contributed by atoms with Gasteiger partial charge in [-0.1, -0.05) is 20.1 Å². The summed E-state index contributed by atoms with van der Waals surface area (Å²) >= 11 is 0. The average Bonchev–Trinajstić information content (AvgIpc) is 2.36. The van der Waals surface area contributed by atoms with Crippen LogP contribution in [0.5, 0.6) is 0 Å². The number of rotatable bonds is 2. The molecule has 4 nitrogen and oxygen atoms in total. The lowest BCUT2D eigenvalue weighted by atomic mass is 9.53. The van der Waals surface area contributed by atoms with Crippen LogP contribution in [-0.4, -0.2) is 33.0 Å². The smallest absolute Gasteiger partial charge is 0.331 e. The van der Waals surface area contributed by atoms with Gasteiger partial charge in [0.05, 0.1) is 11.7 Å². The van der Waals surface area contributed by atoms with E-state index in [-0.39, 0.29) is 16.9 Å². The van der Waals surface area contributed by atoms with Crippen molar-refractivity contribution in [1.29, 1.82) is 0 Å². The summed E-state index contributed by atoms with van der Waals surface area (Å²) in [7, 11) is 0. The summed E-state index contributed by atoms with van der Waals surface area (Å²) in [6.45, 7) is 9.47. The Bertz CT molecular complexity index is 441. The Labute approximate surface area is 113 Å². The molecule has 4 heteroatoms. The standard InChI is InChI=1S/C15H22O4/c1-9(13(17)18)11-4-6-14(3)7-5-12(16)10(2)15(14,19)8-11/h11-12,16,19H,1-2,4-8H2,3H3,(H,17,18)/t11-,12+,14+,15+/m1/s1. The van der Waals surface area contributed by atoms with Crippen LogP contribution in [0.2, 0.25) is 0 Å². The molecular formula is C15H22O4. The number of carboxylic acids is 1. The highest BCUT2D eigenvalue weighted by molar-refractivity contribution is 5.86. The van der Waals surface area contributed by atoms with Gasteiger partial charge in [-0.2, -0.15) is 0 Å². The summed E-state index contributed by atoms with van der Waals surface area (Å²) < 4.78 is 0. The zero-order valence-electron chi connectivity index (χ0n) is 11.4. The summed E-state index contributed by atoms with van der Waals surface area (Å²) in [5, 5.41) is 30.0. The number of aliphatic hydroxyl groups excluding tert-OH is 1. The Morgan fingerprint density at radius 1 is 1.37 bits per heavy atom. The molecule has 2 aliphatic rings. The fourth-order valence-corrected chi connectivity index (χ4v) is 3.63. The second kappa shape index (κ2) is 4.46. The van der Waals surface area contributed by atoms with Crippen molar-refractivity contribution in [1.82, 2.24) is 0 Å². The van der Waals surface area contributed by atoms with Crippen LogP contribution in [-0.2, 0) is 4.79 Å². The van der Waals surface area contributed by atoms with Crippen molar-refractivity contribution in [3.8, 4) is 0 Å². The van der Waals surface area contributed by atoms with E-state index in [1.165, 1.54) is 0 Å². The van der Waals surface area contributed by atoms with Crippen molar-refractivity contribution in [2.45, 2.75) is 50.7 Å². The number of aliphatic carboxylic acids is 1. The molecule has 0 unspecified atom stereocenters. The molecule has 106 valence electrons. The van der Waals surface area contributed by atoms with E-state index >= 15 is 0 Å². The molecule has 2 aliphatic carbocycles. The topological polar surface area (TPSA) is 77.8 Å². The predicted molar refractivity (Wildman–Crippen MR) is 71.6 cm³/mol. The Kier molecular flexibility index (Phi) is 3.35. The SMILES string of the molecule is C=C(C(=O)O)[C@@H]1CC[C@@]2(C)CC[C@H](O)C(=C)[C@@]2(O)C1. The molecule has 0 aromatic rings. The van der Waals surface area contributed by atoms with Crippen molar-refractivity contribution in [3.05, 3.63) is 24.3 Å². The highest BCUT2D eigenvalue weighted by Gasteiger charge is 2.56. The first-order valence-electron chi connectivity index (χ1n) is 6.73. The van der Waals surface area contributed by atoms with Crippen LogP contribution >= 0.6 is 0 Å². The molecule has 3 N–H and O–H groups in total. The van der Waals surface area contributed by atoms with Crippen LogP contribution in [0.3, 0.4) is 0 Å². The fourth-order valence-electron chi connectivity index (χ4n) is 3.63. The molecule has 0 aliphatic heterocycles. The maximum atomic E-state index is 11.0. The van der Waals surface area contributed by atoms with Gasteiger partial charge in [0.25, 0.3) is 0 Å². The molecular weight excluding hydrogens is 244 g/mol. The maximum Gasteiger partial charge on any atom is 0.331 e. The highest BCUT2D eigenvalue weighted by atomic mass is 16.4. The number of hydrogen-bond donors (Lipinski definition) is 3. The molecule has 0 amide bonds. The van der Waals surface area contributed by atoms with E-state index < -0.39 is 17.7 Å². The van der Waals surface area contributed by atoms with E-state index in [9.17, 15) is 15.0 Å². The fraction of sp³-hybridized carbons (Fsp3) is 0.667. The van der Waals surface area contributed by atoms with Crippen LogP contribution in [0.25, 0.3) is 0 Å². The Hall–Kier alpha value is -1.13.